The van der Waals surface area contributed by atoms with Crippen molar-refractivity contribution in [1.82, 2.24) is 6.15 Å². The molecular formula is H16Mg3NO4PSi. The molecule has 0 radical (unpaired) electrons. The molecule has 60 valence electrons. The topological polar surface area (TPSA) is 113 Å². The summed E-state index contributed by atoms with van der Waals surface area (Å²) in [6.07, 6.45) is 0. The standard InChI is InChI=1S/3Mg.H3N.H3O4P.H4Si.6H/c;;;;1-5(2,3)4;;;;;;;/h;;;1H3;(H3,1,2,3,4);1H4;;;;;;. The third-order valence-corrected chi connectivity index (χ3v) is 0. The molecule has 0 spiro atoms. The van der Waals surface area contributed by atoms with Crippen LogP contribution in [0.4, 0.5) is 0 Å². The van der Waals surface area contributed by atoms with Crippen LogP contribution in [0.5, 0.6) is 0 Å². The zero-order chi connectivity index (χ0) is 4.50. The van der Waals surface area contributed by atoms with Crippen molar-refractivity contribution < 1.29 is 19.2 Å². The highest BCUT2D eigenvalue weighted by Crippen LogP contribution is 2.25. The third-order valence-electron chi connectivity index (χ3n) is 0. The van der Waals surface area contributed by atoms with Gasteiger partial charge in [-0.05, 0) is 11.0 Å². The van der Waals surface area contributed by atoms with Gasteiger partial charge in [0.2, 0.25) is 0 Å². The van der Waals surface area contributed by atoms with E-state index in [1.165, 1.54) is 0 Å². The van der Waals surface area contributed by atoms with E-state index in [1.54, 1.807) is 0 Å². The molecule has 0 aliphatic carbocycles. The summed E-state index contributed by atoms with van der Waals surface area (Å²) in [6, 6.07) is 0. The minimum atomic E-state index is -4.64. The summed E-state index contributed by atoms with van der Waals surface area (Å²) in [6.45, 7) is 0. The molecule has 5 nitrogen and oxygen atoms in total. The normalized spacial score (nSPS) is 5.90. The molecule has 0 aliphatic heterocycles. The van der Waals surface area contributed by atoms with Crippen molar-refractivity contribution in [1.29, 1.82) is 0 Å². The minimum absolute atomic E-state index is 0. The van der Waals surface area contributed by atoms with Gasteiger partial charge in [0.05, 0.1) is 0 Å². The van der Waals surface area contributed by atoms with Crippen molar-refractivity contribution in [2.75, 3.05) is 0 Å². The first kappa shape index (κ1) is 39.0. The van der Waals surface area contributed by atoms with Gasteiger partial charge >= 0.3 is 77.0 Å². The Balaban J connectivity index is -0.00000000800. The van der Waals surface area contributed by atoms with E-state index < -0.39 is 7.82 Å². The van der Waals surface area contributed by atoms with Crippen molar-refractivity contribution in [3.63, 3.8) is 0 Å². The first-order valence-corrected chi connectivity index (χ1v) is 2.35. The molecule has 0 aromatic carbocycles. The van der Waals surface area contributed by atoms with Crippen LogP contribution >= 0.6 is 7.82 Å². The number of rotatable bonds is 0. The van der Waals surface area contributed by atoms with Crippen LogP contribution in [0.2, 0.25) is 0 Å². The van der Waals surface area contributed by atoms with E-state index in [1.807, 2.05) is 0 Å². The van der Waals surface area contributed by atoms with Gasteiger partial charge in [0, 0.05) is 0 Å². The predicted molar refractivity (Wildman–Crippen MR) is 56.3 cm³/mol. The predicted octanol–water partition coefficient (Wildman–Crippen LogP) is -4.97. The second-order valence-electron chi connectivity index (χ2n) is 0.513. The Morgan fingerprint density at radius 2 is 0.900 bits per heavy atom. The molecule has 0 fully saturated rings. The molecule has 0 aromatic rings. The summed E-state index contributed by atoms with van der Waals surface area (Å²) < 4.78 is 8.88. The molecule has 10 heavy (non-hydrogen) atoms. The van der Waals surface area contributed by atoms with Gasteiger partial charge in [-0.15, -0.1) is 0 Å². The summed E-state index contributed by atoms with van der Waals surface area (Å²) in [7, 11) is -4.64. The molecule has 0 heterocycles. The second kappa shape index (κ2) is 17.6. The van der Waals surface area contributed by atoms with E-state index in [2.05, 4.69) is 0 Å². The first-order valence-electron chi connectivity index (χ1n) is 0.783. The molecule has 0 saturated carbocycles. The van der Waals surface area contributed by atoms with Crippen molar-refractivity contribution in [3.05, 3.63) is 0 Å². The number of hydrogen-bond donors (Lipinski definition) is 4. The van der Waals surface area contributed by atoms with E-state index in [9.17, 15) is 0 Å². The van der Waals surface area contributed by atoms with Gasteiger partial charge in [-0.3, -0.25) is 0 Å². The maximum absolute atomic E-state index is 8.88. The summed E-state index contributed by atoms with van der Waals surface area (Å²) in [5.74, 6) is 0. The van der Waals surface area contributed by atoms with Crippen molar-refractivity contribution >= 4 is 87.9 Å². The van der Waals surface area contributed by atoms with E-state index in [0.29, 0.717) is 0 Å². The van der Waals surface area contributed by atoms with Gasteiger partial charge in [0.1, 0.15) is 0 Å². The molecule has 0 aliphatic rings. The maximum Gasteiger partial charge on any atom is 0.466 e. The number of hydrogen-bond acceptors (Lipinski definition) is 2. The Morgan fingerprint density at radius 3 is 0.900 bits per heavy atom. The average molecular weight is 226 g/mol. The van der Waals surface area contributed by atoms with Crippen LogP contribution < -0.4 is 6.15 Å². The Morgan fingerprint density at radius 1 is 0.900 bits per heavy atom. The van der Waals surface area contributed by atoms with E-state index >= 15 is 0 Å². The van der Waals surface area contributed by atoms with Crippen LogP contribution in [-0.4, -0.2) is 94.8 Å². The fraction of sp³-hybridized carbons (Fsp3) is 0. The van der Waals surface area contributed by atoms with Crippen LogP contribution in [0.1, 0.15) is 0 Å². The Bertz CT molecular complexity index is 66.6. The summed E-state index contributed by atoms with van der Waals surface area (Å²) in [5, 5.41) is 0. The largest absolute Gasteiger partial charge is 0.466 e. The zero-order valence-electron chi connectivity index (χ0n) is 2.90. The van der Waals surface area contributed by atoms with Gasteiger partial charge < -0.3 is 20.8 Å². The Hall–Kier alpha value is 2.59. The van der Waals surface area contributed by atoms with Crippen LogP contribution in [0, 0.1) is 0 Å². The lowest BCUT2D eigenvalue weighted by Crippen LogP contribution is -1.66. The SMILES string of the molecule is N.O=P(O)(O)O.[MgH2].[MgH2].[MgH2].[SiH4]. The van der Waals surface area contributed by atoms with Gasteiger partial charge in [-0.2, -0.15) is 0 Å². The van der Waals surface area contributed by atoms with Crippen LogP contribution in [0.25, 0.3) is 0 Å². The summed E-state index contributed by atoms with van der Waals surface area (Å²) in [5.41, 5.74) is 0. The van der Waals surface area contributed by atoms with Gasteiger partial charge in [0.25, 0.3) is 0 Å². The van der Waals surface area contributed by atoms with Gasteiger partial charge in [0.15, 0.2) is 0 Å². The van der Waals surface area contributed by atoms with Crippen molar-refractivity contribution in [2.24, 2.45) is 0 Å². The molecule has 0 bridgehead atoms. The fourth-order valence-electron chi connectivity index (χ4n) is 0. The fourth-order valence-corrected chi connectivity index (χ4v) is 0. The second-order valence-corrected chi connectivity index (χ2v) is 1.54. The minimum Gasteiger partial charge on any atom is -0.344 e. The van der Waals surface area contributed by atoms with Gasteiger partial charge in [-0.1, -0.05) is 0 Å². The van der Waals surface area contributed by atoms with E-state index in [-0.39, 0.29) is 86.3 Å². The zero-order valence-corrected chi connectivity index (χ0v) is 3.80. The molecular weight excluding hydrogens is 210 g/mol. The maximum atomic E-state index is 8.88. The molecule has 0 atom stereocenters. The summed E-state index contributed by atoms with van der Waals surface area (Å²) in [4.78, 5) is 21.6. The van der Waals surface area contributed by atoms with Crippen LogP contribution in [-0.2, 0) is 4.57 Å². The van der Waals surface area contributed by atoms with E-state index in [0.717, 1.165) is 0 Å². The van der Waals surface area contributed by atoms with Crippen LogP contribution in [0.15, 0.2) is 0 Å². The Labute approximate surface area is 112 Å². The highest BCUT2D eigenvalue weighted by molar-refractivity contribution is 7.45. The smallest absolute Gasteiger partial charge is 0.344 e. The first-order chi connectivity index (χ1) is 2.00. The average Bonchev–Trinajstić information content (AvgIpc) is 0.722. The molecule has 10 heteroatoms. The molecule has 0 unspecified atom stereocenters. The highest BCUT2D eigenvalue weighted by Gasteiger charge is 2.00. The molecule has 6 N–H and O–H groups in total. The lowest BCUT2D eigenvalue weighted by molar-refractivity contribution is 0.275. The van der Waals surface area contributed by atoms with Crippen molar-refractivity contribution in [2.45, 2.75) is 0 Å². The number of phosphoric acid groups is 1. The molecule has 0 amide bonds. The Kier molecular flexibility index (Phi) is 68.6. The molecule has 0 rings (SSSR count). The highest BCUT2D eigenvalue weighted by atomic mass is 31.2. The van der Waals surface area contributed by atoms with Gasteiger partial charge in [-0.25, -0.2) is 4.57 Å². The van der Waals surface area contributed by atoms with Crippen LogP contribution in [0.3, 0.4) is 0 Å². The quantitative estimate of drug-likeness (QED) is 0.244. The summed E-state index contributed by atoms with van der Waals surface area (Å²) >= 11 is 0. The lowest BCUT2D eigenvalue weighted by atomic mass is 14.0. The third kappa shape index (κ3) is 145. The molecule has 0 saturated heterocycles. The monoisotopic (exact) mass is 225 g/mol. The van der Waals surface area contributed by atoms with Crippen molar-refractivity contribution in [3.8, 4) is 0 Å². The molecule has 0 aromatic heterocycles. The van der Waals surface area contributed by atoms with E-state index in [4.69, 9.17) is 19.2 Å². The lowest BCUT2D eigenvalue weighted by Gasteiger charge is -1.82.